The summed E-state index contributed by atoms with van der Waals surface area (Å²) >= 11 is 0. The summed E-state index contributed by atoms with van der Waals surface area (Å²) in [7, 11) is 0. The molecule has 4 heteroatoms. The zero-order chi connectivity index (χ0) is 26.9. The predicted octanol–water partition coefficient (Wildman–Crippen LogP) is 10.2. The normalized spacial score (nSPS) is 12.7. The molecule has 0 bridgehead atoms. The van der Waals surface area contributed by atoms with Gasteiger partial charge >= 0.3 is 0 Å². The van der Waals surface area contributed by atoms with Crippen molar-refractivity contribution in [2.45, 2.75) is 0 Å². The first-order valence-electron chi connectivity index (χ1n) is 13.7. The molecule has 0 saturated carbocycles. The molecular weight excluding hydrogens is 508 g/mol. The van der Waals surface area contributed by atoms with Crippen molar-refractivity contribution >= 4 is 43.9 Å². The highest BCUT2D eigenvalue weighted by Gasteiger charge is 2.20. The van der Waals surface area contributed by atoms with Gasteiger partial charge in [0.05, 0.1) is 0 Å². The van der Waals surface area contributed by atoms with Gasteiger partial charge in [0, 0.05) is 32.7 Å². The number of rotatable bonds is 2. The number of hydrogen-bond acceptors (Lipinski definition) is 4. The Labute approximate surface area is 235 Å². The second-order valence-electron chi connectivity index (χ2n) is 10.4. The zero-order valence-electron chi connectivity index (χ0n) is 21.9. The molecule has 0 atom stereocenters. The van der Waals surface area contributed by atoms with E-state index in [4.69, 9.17) is 18.3 Å². The second kappa shape index (κ2) is 8.51. The summed E-state index contributed by atoms with van der Waals surface area (Å²) in [6, 6.07) is 41.7. The third kappa shape index (κ3) is 3.41. The van der Waals surface area contributed by atoms with E-state index in [2.05, 4.69) is 66.7 Å². The van der Waals surface area contributed by atoms with Crippen LogP contribution in [-0.4, -0.2) is 6.79 Å². The molecule has 1 aliphatic heterocycles. The molecule has 8 aromatic rings. The van der Waals surface area contributed by atoms with Crippen molar-refractivity contribution in [3.63, 3.8) is 0 Å². The molecule has 6 aromatic carbocycles. The first-order chi connectivity index (χ1) is 20.3. The molecule has 1 aliphatic rings. The summed E-state index contributed by atoms with van der Waals surface area (Å²) in [5.41, 5.74) is 9.97. The highest BCUT2D eigenvalue weighted by Crippen LogP contribution is 2.45. The number of furan rings is 2. The molecule has 0 radical (unpaired) electrons. The van der Waals surface area contributed by atoms with Crippen LogP contribution >= 0.6 is 0 Å². The quantitative estimate of drug-likeness (QED) is 0.223. The fourth-order valence-corrected chi connectivity index (χ4v) is 6.16. The largest absolute Gasteiger partial charge is 0.457 e. The molecule has 2 aromatic heterocycles. The van der Waals surface area contributed by atoms with E-state index >= 15 is 0 Å². The van der Waals surface area contributed by atoms with Gasteiger partial charge < -0.3 is 18.3 Å². The fraction of sp³-hybridized carbons (Fsp3) is 0.0270. The average molecular weight is 531 g/mol. The van der Waals surface area contributed by atoms with Gasteiger partial charge in [-0.2, -0.15) is 0 Å². The van der Waals surface area contributed by atoms with Crippen LogP contribution < -0.4 is 9.47 Å². The van der Waals surface area contributed by atoms with Crippen molar-refractivity contribution in [3.05, 3.63) is 121 Å². The summed E-state index contributed by atoms with van der Waals surface area (Å²) in [6.07, 6.45) is 0. The van der Waals surface area contributed by atoms with Gasteiger partial charge in [-0.25, -0.2) is 0 Å². The van der Waals surface area contributed by atoms with Gasteiger partial charge in [-0.15, -0.1) is 0 Å². The van der Waals surface area contributed by atoms with Gasteiger partial charge in [-0.1, -0.05) is 66.7 Å². The van der Waals surface area contributed by atoms with Gasteiger partial charge in [0.15, 0.2) is 0 Å². The minimum absolute atomic E-state index is 0.160. The zero-order valence-corrected chi connectivity index (χ0v) is 21.9. The summed E-state index contributed by atoms with van der Waals surface area (Å²) < 4.78 is 24.3. The van der Waals surface area contributed by atoms with E-state index < -0.39 is 0 Å². The Hall–Kier alpha value is -5.48. The third-order valence-electron chi connectivity index (χ3n) is 8.10. The maximum atomic E-state index is 6.17. The molecule has 0 fully saturated rings. The monoisotopic (exact) mass is 530 g/mol. The molecule has 0 unspecified atom stereocenters. The van der Waals surface area contributed by atoms with Crippen LogP contribution in [0.15, 0.2) is 130 Å². The van der Waals surface area contributed by atoms with Crippen molar-refractivity contribution in [1.82, 2.24) is 0 Å². The minimum Gasteiger partial charge on any atom is -0.457 e. The first kappa shape index (κ1) is 22.3. The molecule has 0 spiro atoms. The van der Waals surface area contributed by atoms with Crippen molar-refractivity contribution < 1.29 is 18.3 Å². The third-order valence-corrected chi connectivity index (χ3v) is 8.10. The van der Waals surface area contributed by atoms with Crippen LogP contribution in [0.1, 0.15) is 0 Å². The summed E-state index contributed by atoms with van der Waals surface area (Å²) in [5, 5.41) is 4.45. The van der Waals surface area contributed by atoms with Gasteiger partial charge in [0.25, 0.3) is 0 Å². The molecule has 3 heterocycles. The topological polar surface area (TPSA) is 44.7 Å². The van der Waals surface area contributed by atoms with E-state index in [1.165, 1.54) is 0 Å². The average Bonchev–Trinajstić information content (AvgIpc) is 3.53. The lowest BCUT2D eigenvalue weighted by molar-refractivity contribution is 0.125. The Bertz CT molecular complexity index is 2300. The minimum atomic E-state index is 0.160. The van der Waals surface area contributed by atoms with E-state index in [-0.39, 0.29) is 6.79 Å². The van der Waals surface area contributed by atoms with Crippen molar-refractivity contribution in [1.29, 1.82) is 0 Å². The highest BCUT2D eigenvalue weighted by atomic mass is 16.7. The van der Waals surface area contributed by atoms with E-state index in [0.29, 0.717) is 0 Å². The number of benzene rings is 6. The van der Waals surface area contributed by atoms with Gasteiger partial charge in [-0.3, -0.25) is 0 Å². The Balaban J connectivity index is 1.22. The molecular formula is C37H22O4. The lowest BCUT2D eigenvalue weighted by Crippen LogP contribution is -2.03. The van der Waals surface area contributed by atoms with Crippen LogP contribution in [0.25, 0.3) is 77.3 Å². The van der Waals surface area contributed by atoms with E-state index in [9.17, 15) is 0 Å². The number of ether oxygens (including phenoxy) is 2. The van der Waals surface area contributed by atoms with Crippen molar-refractivity contribution in [3.8, 4) is 44.9 Å². The van der Waals surface area contributed by atoms with Gasteiger partial charge in [0.1, 0.15) is 33.8 Å². The van der Waals surface area contributed by atoms with E-state index in [1.54, 1.807) is 0 Å². The smallest absolute Gasteiger partial charge is 0.230 e. The van der Waals surface area contributed by atoms with Crippen LogP contribution in [0.3, 0.4) is 0 Å². The van der Waals surface area contributed by atoms with Crippen LogP contribution in [0.4, 0.5) is 0 Å². The summed E-state index contributed by atoms with van der Waals surface area (Å²) in [4.78, 5) is 0. The molecule has 41 heavy (non-hydrogen) atoms. The summed E-state index contributed by atoms with van der Waals surface area (Å²) in [6.45, 7) is 0.160. The number of hydrogen-bond donors (Lipinski definition) is 0. The van der Waals surface area contributed by atoms with Crippen LogP contribution in [0, 0.1) is 0 Å². The predicted molar refractivity (Wildman–Crippen MR) is 163 cm³/mol. The molecule has 9 rings (SSSR count). The van der Waals surface area contributed by atoms with Crippen molar-refractivity contribution in [2.24, 2.45) is 0 Å². The molecule has 0 amide bonds. The molecule has 0 aliphatic carbocycles. The van der Waals surface area contributed by atoms with Gasteiger partial charge in [0.2, 0.25) is 6.79 Å². The Morgan fingerprint density at radius 3 is 1.80 bits per heavy atom. The summed E-state index contributed by atoms with van der Waals surface area (Å²) in [5.74, 6) is 1.59. The lowest BCUT2D eigenvalue weighted by Gasteiger charge is -2.12. The Morgan fingerprint density at radius 2 is 0.976 bits per heavy atom. The second-order valence-corrected chi connectivity index (χ2v) is 10.4. The number of para-hydroxylation sites is 2. The highest BCUT2D eigenvalue weighted by molar-refractivity contribution is 6.12. The van der Waals surface area contributed by atoms with Crippen LogP contribution in [-0.2, 0) is 0 Å². The Kier molecular flexibility index (Phi) is 4.64. The molecule has 194 valence electrons. The maximum absolute atomic E-state index is 6.17. The fourth-order valence-electron chi connectivity index (χ4n) is 6.16. The standard InChI is InChI=1S/C37H22O4/c1-3-9-33-26(6-1)28-18-23(13-17-35(28)40-33)22-12-15-31-29(19-22)30-20-24(14-16-32(30)39-21-38-31)25-8-5-11-36-37(25)27-7-2-4-10-34(27)41-36/h1-20H,21H2. The van der Waals surface area contributed by atoms with Crippen LogP contribution in [0.2, 0.25) is 0 Å². The Morgan fingerprint density at radius 1 is 0.390 bits per heavy atom. The number of fused-ring (bicyclic) bond motifs is 9. The maximum Gasteiger partial charge on any atom is 0.230 e. The van der Waals surface area contributed by atoms with E-state index in [1.807, 2.05) is 54.6 Å². The van der Waals surface area contributed by atoms with Crippen molar-refractivity contribution in [2.75, 3.05) is 6.79 Å². The van der Waals surface area contributed by atoms with E-state index in [0.717, 1.165) is 88.8 Å². The molecule has 0 N–H and O–H groups in total. The SMILES string of the molecule is c1ccc2c(c1)oc1ccc(-c3ccc4c(c3)-c3cc(-c5cccc6oc7ccccc7c56)ccc3OCO4)cc12. The van der Waals surface area contributed by atoms with Gasteiger partial charge in [-0.05, 0) is 76.9 Å². The molecule has 4 nitrogen and oxygen atoms in total. The lowest BCUT2D eigenvalue weighted by atomic mass is 9.93. The van der Waals surface area contributed by atoms with Crippen LogP contribution in [0.5, 0.6) is 11.5 Å². The molecule has 0 saturated heterocycles. The first-order valence-corrected chi connectivity index (χ1v) is 13.7.